The molecule has 54 heavy (non-hydrogen) atoms. The molecule has 0 spiro atoms. The third kappa shape index (κ3) is 4.67. The second-order valence-corrected chi connectivity index (χ2v) is 14.1. The van der Waals surface area contributed by atoms with Gasteiger partial charge in [-0.25, -0.2) is 0 Å². The van der Waals surface area contributed by atoms with Gasteiger partial charge in [-0.1, -0.05) is 158 Å². The van der Waals surface area contributed by atoms with Crippen LogP contribution >= 0.6 is 0 Å². The molecule has 252 valence electrons. The second kappa shape index (κ2) is 12.2. The first-order chi connectivity index (χ1) is 26.8. The van der Waals surface area contributed by atoms with Gasteiger partial charge < -0.3 is 9.47 Å². The SMILES string of the molecule is c1ccc(-c2cccc(-n3c4ccc(N(c5ccccc5)c5cccc6ccccc56)cc4c4ccc5c6ccccc6c6ccccc6c5c43)c2)cc1. The van der Waals surface area contributed by atoms with E-state index in [-0.39, 0.29) is 0 Å². The summed E-state index contributed by atoms with van der Waals surface area (Å²) >= 11 is 0. The molecule has 2 nitrogen and oxygen atoms in total. The number of aromatic nitrogens is 1. The molecule has 0 radical (unpaired) electrons. The van der Waals surface area contributed by atoms with Crippen molar-refractivity contribution in [3.8, 4) is 16.8 Å². The van der Waals surface area contributed by atoms with Gasteiger partial charge in [0, 0.05) is 38.6 Å². The molecule has 0 unspecified atom stereocenters. The molecule has 11 aromatic rings. The number of nitrogens with zero attached hydrogens (tertiary/aromatic N) is 2. The molecule has 0 aliphatic rings. The lowest BCUT2D eigenvalue weighted by Gasteiger charge is -2.27. The van der Waals surface area contributed by atoms with Crippen LogP contribution in [-0.4, -0.2) is 4.57 Å². The van der Waals surface area contributed by atoms with E-state index >= 15 is 0 Å². The number of fused-ring (bicyclic) bond motifs is 11. The number of hydrogen-bond donors (Lipinski definition) is 0. The van der Waals surface area contributed by atoms with Crippen LogP contribution in [0.15, 0.2) is 206 Å². The van der Waals surface area contributed by atoms with E-state index in [4.69, 9.17) is 0 Å². The molecule has 10 aromatic carbocycles. The van der Waals surface area contributed by atoms with E-state index in [9.17, 15) is 0 Å². The van der Waals surface area contributed by atoms with Gasteiger partial charge in [-0.15, -0.1) is 0 Å². The molecular weight excluding hydrogens is 653 g/mol. The zero-order chi connectivity index (χ0) is 35.6. The lowest BCUT2D eigenvalue weighted by Crippen LogP contribution is -2.10. The minimum Gasteiger partial charge on any atom is -0.310 e. The van der Waals surface area contributed by atoms with Gasteiger partial charge in [0.15, 0.2) is 0 Å². The van der Waals surface area contributed by atoms with Crippen molar-refractivity contribution in [2.45, 2.75) is 0 Å². The Bertz CT molecular complexity index is 3170. The van der Waals surface area contributed by atoms with Crippen LogP contribution < -0.4 is 4.90 Å². The average molecular weight is 687 g/mol. The van der Waals surface area contributed by atoms with E-state index < -0.39 is 0 Å². The molecule has 1 heterocycles. The van der Waals surface area contributed by atoms with E-state index in [1.54, 1.807) is 0 Å². The van der Waals surface area contributed by atoms with E-state index in [0.717, 1.165) is 22.7 Å². The lowest BCUT2D eigenvalue weighted by molar-refractivity contribution is 1.19. The quantitative estimate of drug-likeness (QED) is 0.164. The van der Waals surface area contributed by atoms with Gasteiger partial charge in [0.2, 0.25) is 0 Å². The number of anilines is 3. The molecule has 0 bridgehead atoms. The summed E-state index contributed by atoms with van der Waals surface area (Å²) in [5, 5.41) is 12.5. The predicted octanol–water partition coefficient (Wildman–Crippen LogP) is 14.5. The Morgan fingerprint density at radius 2 is 0.907 bits per heavy atom. The first kappa shape index (κ1) is 30.5. The van der Waals surface area contributed by atoms with Gasteiger partial charge in [-0.3, -0.25) is 0 Å². The maximum Gasteiger partial charge on any atom is 0.0625 e. The van der Waals surface area contributed by atoms with Crippen molar-refractivity contribution in [2.75, 3.05) is 4.90 Å². The Balaban J connectivity index is 1.27. The number of para-hydroxylation sites is 1. The van der Waals surface area contributed by atoms with Crippen LogP contribution in [0.3, 0.4) is 0 Å². The Morgan fingerprint density at radius 3 is 1.69 bits per heavy atom. The van der Waals surface area contributed by atoms with Gasteiger partial charge >= 0.3 is 0 Å². The molecule has 1 aromatic heterocycles. The van der Waals surface area contributed by atoms with E-state index in [1.807, 2.05) is 0 Å². The summed E-state index contributed by atoms with van der Waals surface area (Å²) in [4.78, 5) is 2.41. The first-order valence-corrected chi connectivity index (χ1v) is 18.6. The summed E-state index contributed by atoms with van der Waals surface area (Å²) in [5.41, 5.74) is 9.33. The van der Waals surface area contributed by atoms with Crippen molar-refractivity contribution in [2.24, 2.45) is 0 Å². The van der Waals surface area contributed by atoms with Crippen LogP contribution in [0.5, 0.6) is 0 Å². The van der Waals surface area contributed by atoms with Crippen LogP contribution in [0.1, 0.15) is 0 Å². The smallest absolute Gasteiger partial charge is 0.0625 e. The van der Waals surface area contributed by atoms with Crippen molar-refractivity contribution in [3.63, 3.8) is 0 Å². The highest BCUT2D eigenvalue weighted by atomic mass is 15.1. The highest BCUT2D eigenvalue weighted by Gasteiger charge is 2.22. The molecule has 0 N–H and O–H groups in total. The number of rotatable bonds is 5. The minimum atomic E-state index is 1.12. The van der Waals surface area contributed by atoms with Gasteiger partial charge in [-0.05, 0) is 92.0 Å². The van der Waals surface area contributed by atoms with Crippen molar-refractivity contribution < 1.29 is 0 Å². The molecule has 0 aliphatic heterocycles. The Kier molecular flexibility index (Phi) is 6.90. The van der Waals surface area contributed by atoms with Crippen LogP contribution in [0.2, 0.25) is 0 Å². The fourth-order valence-electron chi connectivity index (χ4n) is 8.75. The Hall–Kier alpha value is -7.16. The molecule has 0 saturated carbocycles. The summed E-state index contributed by atoms with van der Waals surface area (Å²) in [6.45, 7) is 0. The molecule has 0 amide bonds. The lowest BCUT2D eigenvalue weighted by atomic mass is 9.93. The third-order valence-corrected chi connectivity index (χ3v) is 11.1. The topological polar surface area (TPSA) is 8.17 Å². The number of benzene rings is 10. The molecular formula is C52H34N2. The molecule has 11 rings (SSSR count). The zero-order valence-electron chi connectivity index (χ0n) is 29.5. The number of hydrogen-bond acceptors (Lipinski definition) is 1. The third-order valence-electron chi connectivity index (χ3n) is 11.1. The van der Waals surface area contributed by atoms with Crippen molar-refractivity contribution >= 4 is 82.0 Å². The molecule has 0 atom stereocenters. The average Bonchev–Trinajstić information content (AvgIpc) is 3.58. The zero-order valence-corrected chi connectivity index (χ0v) is 29.5. The Morgan fingerprint density at radius 1 is 0.333 bits per heavy atom. The summed E-state index contributed by atoms with van der Waals surface area (Å²) in [5.74, 6) is 0. The highest BCUT2D eigenvalue weighted by molar-refractivity contribution is 6.33. The van der Waals surface area contributed by atoms with Crippen molar-refractivity contribution in [3.05, 3.63) is 206 Å². The highest BCUT2D eigenvalue weighted by Crippen LogP contribution is 2.46. The monoisotopic (exact) mass is 686 g/mol. The van der Waals surface area contributed by atoms with Crippen LogP contribution in [0, 0.1) is 0 Å². The maximum atomic E-state index is 2.51. The van der Waals surface area contributed by atoms with Crippen molar-refractivity contribution in [1.29, 1.82) is 0 Å². The summed E-state index contributed by atoms with van der Waals surface area (Å²) in [6.07, 6.45) is 0. The minimum absolute atomic E-state index is 1.12. The van der Waals surface area contributed by atoms with Crippen molar-refractivity contribution in [1.82, 2.24) is 4.57 Å². The fraction of sp³-hybridized carbons (Fsp3) is 0. The van der Waals surface area contributed by atoms with Crippen LogP contribution in [-0.2, 0) is 0 Å². The van der Waals surface area contributed by atoms with E-state index in [1.165, 1.54) is 76.0 Å². The predicted molar refractivity (Wildman–Crippen MR) is 231 cm³/mol. The maximum absolute atomic E-state index is 2.51. The summed E-state index contributed by atoms with van der Waals surface area (Å²) < 4.78 is 2.51. The largest absolute Gasteiger partial charge is 0.310 e. The molecule has 0 aliphatic carbocycles. The summed E-state index contributed by atoms with van der Waals surface area (Å²) in [6, 6.07) is 75.2. The van der Waals surface area contributed by atoms with Crippen LogP contribution in [0.25, 0.3) is 81.7 Å². The van der Waals surface area contributed by atoms with Gasteiger partial charge in [0.25, 0.3) is 0 Å². The van der Waals surface area contributed by atoms with E-state index in [0.29, 0.717) is 0 Å². The summed E-state index contributed by atoms with van der Waals surface area (Å²) in [7, 11) is 0. The molecule has 0 fully saturated rings. The van der Waals surface area contributed by atoms with Gasteiger partial charge in [0.1, 0.15) is 0 Å². The molecule has 0 saturated heterocycles. The molecule has 2 heteroatoms. The standard InChI is InChI=1S/C52H34N2/c1-3-15-35(16-4-1)37-19-13-22-39(33-37)54-50-32-29-40(53(38-20-5-2-6-21-38)49-28-14-18-36-17-7-8-23-41(36)49)34-48(50)47-31-30-46-44-26-10-9-24-42(44)43-25-11-12-27-45(43)51(46)52(47)54/h1-34H. The van der Waals surface area contributed by atoms with Gasteiger partial charge in [-0.2, -0.15) is 0 Å². The second-order valence-electron chi connectivity index (χ2n) is 14.1. The normalized spacial score (nSPS) is 11.7. The van der Waals surface area contributed by atoms with Crippen LogP contribution in [0.4, 0.5) is 17.1 Å². The van der Waals surface area contributed by atoms with Gasteiger partial charge in [0.05, 0.1) is 16.7 Å². The fourth-order valence-corrected chi connectivity index (χ4v) is 8.75. The van der Waals surface area contributed by atoms with E-state index in [2.05, 4.69) is 216 Å². The Labute approximate surface area is 313 Å². The first-order valence-electron chi connectivity index (χ1n) is 18.6.